The van der Waals surface area contributed by atoms with Crippen LogP contribution in [0.15, 0.2) is 0 Å². The first-order chi connectivity index (χ1) is 4.41. The van der Waals surface area contributed by atoms with Gasteiger partial charge in [0, 0.05) is 6.54 Å². The van der Waals surface area contributed by atoms with Gasteiger partial charge in [0.2, 0.25) is 6.41 Å². The predicted octanol–water partition coefficient (Wildman–Crippen LogP) is -2.98. The molecule has 1 N–H and O–H groups in total. The van der Waals surface area contributed by atoms with E-state index < -0.39 is 0 Å². The summed E-state index contributed by atoms with van der Waals surface area (Å²) in [4.78, 5) is 19.3. The first-order valence-corrected chi connectivity index (χ1v) is 2.94. The fraction of sp³-hybridized carbons (Fsp3) is 0.667. The van der Waals surface area contributed by atoms with E-state index in [9.17, 15) is 9.59 Å². The predicted molar refractivity (Wildman–Crippen MR) is 33.6 cm³/mol. The molecular formula is C6H10KNO2. The minimum atomic E-state index is 0. The fourth-order valence-corrected chi connectivity index (χ4v) is 0.483. The quantitative estimate of drug-likeness (QED) is 0.198. The van der Waals surface area contributed by atoms with Gasteiger partial charge in [-0.2, -0.15) is 6.42 Å². The van der Waals surface area contributed by atoms with Crippen molar-refractivity contribution in [2.24, 2.45) is 0 Å². The molecule has 52 valence electrons. The van der Waals surface area contributed by atoms with Crippen molar-refractivity contribution in [3.63, 3.8) is 0 Å². The molecule has 0 aliphatic heterocycles. The molecule has 4 heteroatoms. The second kappa shape index (κ2) is 12.5. The van der Waals surface area contributed by atoms with Gasteiger partial charge < -0.3 is 10.1 Å². The Labute approximate surface area is 103 Å². The molecule has 0 aromatic rings. The van der Waals surface area contributed by atoms with Crippen LogP contribution < -0.4 is 56.7 Å². The minimum Gasteiger partial charge on any atom is -0.542 e. The Kier molecular flexibility index (Phi) is 16.7. The van der Waals surface area contributed by atoms with E-state index in [1.807, 2.05) is 0 Å². The zero-order chi connectivity index (χ0) is 6.95. The van der Waals surface area contributed by atoms with Crippen LogP contribution in [0.3, 0.4) is 0 Å². The number of nitrogens with one attached hydrogen (secondary N) is 1. The number of unbranched alkanes of at least 4 members (excludes halogenated alkanes) is 2. The summed E-state index contributed by atoms with van der Waals surface area (Å²) in [6.07, 6.45) is 4.57. The topological polar surface area (TPSA) is 46.2 Å². The van der Waals surface area contributed by atoms with E-state index in [4.69, 9.17) is 0 Å². The van der Waals surface area contributed by atoms with Crippen LogP contribution in [0.5, 0.6) is 0 Å². The van der Waals surface area contributed by atoms with Gasteiger partial charge in [-0.15, -0.1) is 0 Å². The van der Waals surface area contributed by atoms with Gasteiger partial charge in [0.15, 0.2) is 0 Å². The summed E-state index contributed by atoms with van der Waals surface area (Å²) in [5.74, 6) is 0. The zero-order valence-corrected chi connectivity index (χ0v) is 9.35. The summed E-state index contributed by atoms with van der Waals surface area (Å²) in [7, 11) is 0. The van der Waals surface area contributed by atoms with Gasteiger partial charge in [-0.1, -0.05) is 6.42 Å². The third-order valence-corrected chi connectivity index (χ3v) is 0.933. The van der Waals surface area contributed by atoms with Crippen molar-refractivity contribution in [1.82, 2.24) is 5.32 Å². The van der Waals surface area contributed by atoms with Crippen LogP contribution in [0.2, 0.25) is 0 Å². The SMILES string of the molecule is O=[C-]CCCCNC=O.[K+]. The largest absolute Gasteiger partial charge is 1.00 e. The van der Waals surface area contributed by atoms with Gasteiger partial charge in [-0.3, -0.25) is 11.1 Å². The molecule has 0 saturated carbocycles. The van der Waals surface area contributed by atoms with Gasteiger partial charge >= 0.3 is 51.4 Å². The summed E-state index contributed by atoms with van der Waals surface area (Å²) in [6.45, 7) is 0.658. The number of amides is 1. The molecule has 0 unspecified atom stereocenters. The van der Waals surface area contributed by atoms with Crippen LogP contribution >= 0.6 is 0 Å². The number of hydrogen-bond acceptors (Lipinski definition) is 2. The Bertz CT molecular complexity index is 77.8. The number of carbonyl (C=O) groups is 1. The Morgan fingerprint density at radius 2 is 2.10 bits per heavy atom. The summed E-state index contributed by atoms with van der Waals surface area (Å²) in [6, 6.07) is 0. The molecule has 0 bridgehead atoms. The molecule has 3 nitrogen and oxygen atoms in total. The molecule has 0 heterocycles. The number of carbonyl (C=O) groups excluding carboxylic acids is 2. The van der Waals surface area contributed by atoms with Crippen molar-refractivity contribution >= 4 is 12.7 Å². The monoisotopic (exact) mass is 167 g/mol. The van der Waals surface area contributed by atoms with Crippen molar-refractivity contribution in [2.45, 2.75) is 19.3 Å². The Morgan fingerprint density at radius 3 is 2.60 bits per heavy atom. The first-order valence-electron chi connectivity index (χ1n) is 2.94. The molecule has 0 aromatic heterocycles. The van der Waals surface area contributed by atoms with Crippen LogP contribution in [0.4, 0.5) is 0 Å². The van der Waals surface area contributed by atoms with Crippen molar-refractivity contribution in [2.75, 3.05) is 6.54 Å². The Balaban J connectivity index is 0. The normalized spacial score (nSPS) is 7.60. The standard InChI is InChI=1S/C6H10NO2.K/c8-5-3-1-2-4-7-6-9;/h6H,1-4H2,(H,7,9);/q-1;+1. The Hall–Kier alpha value is 0.776. The van der Waals surface area contributed by atoms with Gasteiger partial charge in [0.25, 0.3) is 0 Å². The molecule has 0 radical (unpaired) electrons. The molecule has 10 heavy (non-hydrogen) atoms. The van der Waals surface area contributed by atoms with Gasteiger partial charge in [-0.25, -0.2) is 0 Å². The van der Waals surface area contributed by atoms with E-state index in [0.29, 0.717) is 19.4 Å². The minimum absolute atomic E-state index is 0. The maximum atomic E-state index is 9.65. The van der Waals surface area contributed by atoms with Gasteiger partial charge in [-0.05, 0) is 6.42 Å². The maximum Gasteiger partial charge on any atom is 1.00 e. The molecule has 0 rings (SSSR count). The van der Waals surface area contributed by atoms with Crippen LogP contribution in [0, 0.1) is 0 Å². The second-order valence-corrected chi connectivity index (χ2v) is 1.67. The zero-order valence-electron chi connectivity index (χ0n) is 6.22. The van der Waals surface area contributed by atoms with Crippen molar-refractivity contribution < 1.29 is 61.0 Å². The maximum absolute atomic E-state index is 9.65. The smallest absolute Gasteiger partial charge is 0.542 e. The summed E-state index contributed by atoms with van der Waals surface area (Å²) in [5.41, 5.74) is 0. The van der Waals surface area contributed by atoms with Crippen LogP contribution in [-0.4, -0.2) is 19.2 Å². The van der Waals surface area contributed by atoms with Crippen molar-refractivity contribution in [3.8, 4) is 0 Å². The molecular weight excluding hydrogens is 157 g/mol. The van der Waals surface area contributed by atoms with Gasteiger partial charge in [0.05, 0.1) is 0 Å². The fourth-order valence-electron chi connectivity index (χ4n) is 0.483. The molecule has 0 aromatic carbocycles. The number of rotatable bonds is 6. The van der Waals surface area contributed by atoms with E-state index in [1.165, 1.54) is 0 Å². The van der Waals surface area contributed by atoms with Crippen LogP contribution in [-0.2, 0) is 9.59 Å². The van der Waals surface area contributed by atoms with Crippen molar-refractivity contribution in [1.29, 1.82) is 0 Å². The molecule has 0 aliphatic carbocycles. The average molecular weight is 167 g/mol. The first kappa shape index (κ1) is 13.4. The molecule has 0 atom stereocenters. The molecule has 0 spiro atoms. The summed E-state index contributed by atoms with van der Waals surface area (Å²) >= 11 is 0. The molecule has 1 amide bonds. The van der Waals surface area contributed by atoms with Crippen LogP contribution in [0.25, 0.3) is 0 Å². The van der Waals surface area contributed by atoms with E-state index >= 15 is 0 Å². The Morgan fingerprint density at radius 1 is 1.40 bits per heavy atom. The van der Waals surface area contributed by atoms with Gasteiger partial charge in [0.1, 0.15) is 0 Å². The number of hydrogen-bond donors (Lipinski definition) is 1. The van der Waals surface area contributed by atoms with E-state index in [-0.39, 0.29) is 51.4 Å². The average Bonchev–Trinajstić information content (AvgIpc) is 1.89. The van der Waals surface area contributed by atoms with E-state index in [2.05, 4.69) is 5.32 Å². The second-order valence-electron chi connectivity index (χ2n) is 1.67. The third kappa shape index (κ3) is 11.6. The molecule has 0 saturated heterocycles. The van der Waals surface area contributed by atoms with E-state index in [1.54, 1.807) is 6.29 Å². The van der Waals surface area contributed by atoms with E-state index in [0.717, 1.165) is 12.8 Å². The van der Waals surface area contributed by atoms with Crippen LogP contribution in [0.1, 0.15) is 19.3 Å². The summed E-state index contributed by atoms with van der Waals surface area (Å²) < 4.78 is 0. The molecule has 0 fully saturated rings. The third-order valence-electron chi connectivity index (χ3n) is 0.933. The van der Waals surface area contributed by atoms with Crippen molar-refractivity contribution in [3.05, 3.63) is 0 Å². The summed E-state index contributed by atoms with van der Waals surface area (Å²) in [5, 5.41) is 2.50. The molecule has 0 aliphatic rings.